The molecule has 1 atom stereocenters. The lowest BCUT2D eigenvalue weighted by Gasteiger charge is -2.18. The summed E-state index contributed by atoms with van der Waals surface area (Å²) in [6.45, 7) is 8.92. The maximum atomic E-state index is 12.8. The SMILES string of the molecule is CC(C)c1ccc(N2CC(C(=O)Nc3ccccc3C(C)C)CC2=O)cc1. The second-order valence-electron chi connectivity index (χ2n) is 7.88. The zero-order chi connectivity index (χ0) is 19.6. The van der Waals surface area contributed by atoms with Crippen LogP contribution < -0.4 is 10.2 Å². The summed E-state index contributed by atoms with van der Waals surface area (Å²) in [7, 11) is 0. The number of nitrogens with one attached hydrogen (secondary N) is 1. The fraction of sp³-hybridized carbons (Fsp3) is 0.391. The zero-order valence-electron chi connectivity index (χ0n) is 16.5. The normalized spacial score (nSPS) is 17.0. The van der Waals surface area contributed by atoms with Crippen LogP contribution in [0, 0.1) is 5.92 Å². The van der Waals surface area contributed by atoms with Crippen molar-refractivity contribution in [3.63, 3.8) is 0 Å². The summed E-state index contributed by atoms with van der Waals surface area (Å²) in [4.78, 5) is 27.0. The zero-order valence-corrected chi connectivity index (χ0v) is 16.5. The molecule has 2 aromatic rings. The van der Waals surface area contributed by atoms with Gasteiger partial charge in [0, 0.05) is 24.3 Å². The fourth-order valence-corrected chi connectivity index (χ4v) is 3.52. The van der Waals surface area contributed by atoms with Gasteiger partial charge in [-0.05, 0) is 41.2 Å². The van der Waals surface area contributed by atoms with Crippen molar-refractivity contribution in [2.75, 3.05) is 16.8 Å². The first kappa shape index (κ1) is 19.2. The largest absolute Gasteiger partial charge is 0.326 e. The second kappa shape index (κ2) is 7.95. The van der Waals surface area contributed by atoms with E-state index in [1.807, 2.05) is 36.4 Å². The van der Waals surface area contributed by atoms with Crippen LogP contribution in [0.15, 0.2) is 48.5 Å². The molecule has 0 aromatic heterocycles. The number of hydrogen-bond acceptors (Lipinski definition) is 2. The minimum atomic E-state index is -0.331. The lowest BCUT2D eigenvalue weighted by molar-refractivity contribution is -0.122. The van der Waals surface area contributed by atoms with E-state index < -0.39 is 0 Å². The summed E-state index contributed by atoms with van der Waals surface area (Å²) >= 11 is 0. The van der Waals surface area contributed by atoms with Gasteiger partial charge < -0.3 is 10.2 Å². The monoisotopic (exact) mass is 364 g/mol. The fourth-order valence-electron chi connectivity index (χ4n) is 3.52. The van der Waals surface area contributed by atoms with Gasteiger partial charge in [-0.1, -0.05) is 58.0 Å². The van der Waals surface area contributed by atoms with Crippen molar-refractivity contribution in [1.29, 1.82) is 0 Å². The molecule has 2 aromatic carbocycles. The third kappa shape index (κ3) is 4.21. The summed E-state index contributed by atoms with van der Waals surface area (Å²) < 4.78 is 0. The quantitative estimate of drug-likeness (QED) is 0.818. The van der Waals surface area contributed by atoms with Gasteiger partial charge in [0.1, 0.15) is 0 Å². The van der Waals surface area contributed by atoms with Gasteiger partial charge in [-0.15, -0.1) is 0 Å². The van der Waals surface area contributed by atoms with Gasteiger partial charge in [-0.2, -0.15) is 0 Å². The predicted octanol–water partition coefficient (Wildman–Crippen LogP) is 4.93. The molecule has 1 heterocycles. The van der Waals surface area contributed by atoms with Gasteiger partial charge >= 0.3 is 0 Å². The Morgan fingerprint density at radius 3 is 2.30 bits per heavy atom. The number of carbonyl (C=O) groups is 2. The molecule has 142 valence electrons. The van der Waals surface area contributed by atoms with E-state index in [2.05, 4.69) is 45.1 Å². The van der Waals surface area contributed by atoms with Gasteiger partial charge in [-0.25, -0.2) is 0 Å². The highest BCUT2D eigenvalue weighted by Crippen LogP contribution is 2.29. The standard InChI is InChI=1S/C23H28N2O2/c1-15(2)17-9-11-19(12-10-17)25-14-18(13-22(25)26)23(27)24-21-8-6-5-7-20(21)16(3)4/h5-12,15-16,18H,13-14H2,1-4H3,(H,24,27). The molecule has 1 unspecified atom stereocenters. The van der Waals surface area contributed by atoms with E-state index in [1.165, 1.54) is 5.56 Å². The maximum Gasteiger partial charge on any atom is 0.229 e. The molecule has 4 nitrogen and oxygen atoms in total. The number of para-hydroxylation sites is 1. The van der Waals surface area contributed by atoms with E-state index >= 15 is 0 Å². The molecule has 0 saturated carbocycles. The van der Waals surface area contributed by atoms with Crippen LogP contribution in [0.1, 0.15) is 57.1 Å². The molecule has 2 amide bonds. The molecule has 4 heteroatoms. The van der Waals surface area contributed by atoms with Crippen molar-refractivity contribution in [2.45, 2.75) is 46.0 Å². The van der Waals surface area contributed by atoms with Gasteiger partial charge in [0.15, 0.2) is 0 Å². The second-order valence-corrected chi connectivity index (χ2v) is 7.88. The van der Waals surface area contributed by atoms with E-state index in [0.29, 0.717) is 18.4 Å². The molecule has 1 saturated heterocycles. The van der Waals surface area contributed by atoms with Crippen LogP contribution in [0.5, 0.6) is 0 Å². The molecular weight excluding hydrogens is 336 g/mol. The summed E-state index contributed by atoms with van der Waals surface area (Å²) in [6.07, 6.45) is 0.252. The lowest BCUT2D eigenvalue weighted by Crippen LogP contribution is -2.28. The number of amides is 2. The Morgan fingerprint density at radius 1 is 1.00 bits per heavy atom. The molecule has 3 rings (SSSR count). The Labute approximate surface area is 161 Å². The van der Waals surface area contributed by atoms with Gasteiger partial charge in [-0.3, -0.25) is 9.59 Å². The summed E-state index contributed by atoms with van der Waals surface area (Å²) in [5.41, 5.74) is 4.05. The molecule has 0 radical (unpaired) electrons. The van der Waals surface area contributed by atoms with Gasteiger partial charge in [0.25, 0.3) is 0 Å². The Morgan fingerprint density at radius 2 is 1.67 bits per heavy atom. The van der Waals surface area contributed by atoms with Crippen molar-refractivity contribution in [3.05, 3.63) is 59.7 Å². The first-order valence-electron chi connectivity index (χ1n) is 9.67. The Kier molecular flexibility index (Phi) is 5.64. The average Bonchev–Trinajstić information content (AvgIpc) is 3.04. The molecule has 27 heavy (non-hydrogen) atoms. The highest BCUT2D eigenvalue weighted by Gasteiger charge is 2.35. The third-order valence-corrected chi connectivity index (χ3v) is 5.21. The van der Waals surface area contributed by atoms with Gasteiger partial charge in [0.2, 0.25) is 11.8 Å². The van der Waals surface area contributed by atoms with E-state index in [-0.39, 0.29) is 24.2 Å². The minimum Gasteiger partial charge on any atom is -0.326 e. The molecule has 1 aliphatic heterocycles. The van der Waals surface area contributed by atoms with Crippen LogP contribution in [0.4, 0.5) is 11.4 Å². The first-order valence-corrected chi connectivity index (χ1v) is 9.67. The van der Waals surface area contributed by atoms with Crippen molar-refractivity contribution >= 4 is 23.2 Å². The van der Waals surface area contributed by atoms with Crippen molar-refractivity contribution in [1.82, 2.24) is 0 Å². The Hall–Kier alpha value is -2.62. The molecule has 0 aliphatic carbocycles. The van der Waals surface area contributed by atoms with E-state index in [9.17, 15) is 9.59 Å². The van der Waals surface area contributed by atoms with Crippen LogP contribution in [-0.2, 0) is 9.59 Å². The molecule has 0 bridgehead atoms. The topological polar surface area (TPSA) is 49.4 Å². The Bertz CT molecular complexity index is 825. The summed E-state index contributed by atoms with van der Waals surface area (Å²) in [5, 5.41) is 3.03. The van der Waals surface area contributed by atoms with Crippen LogP contribution >= 0.6 is 0 Å². The van der Waals surface area contributed by atoms with Crippen molar-refractivity contribution in [2.24, 2.45) is 5.92 Å². The van der Waals surface area contributed by atoms with Crippen LogP contribution in [0.3, 0.4) is 0 Å². The first-order chi connectivity index (χ1) is 12.9. The summed E-state index contributed by atoms with van der Waals surface area (Å²) in [6, 6.07) is 15.9. The number of hydrogen-bond donors (Lipinski definition) is 1. The minimum absolute atomic E-state index is 0.00425. The Balaban J connectivity index is 1.71. The molecule has 1 fully saturated rings. The number of anilines is 2. The van der Waals surface area contributed by atoms with Gasteiger partial charge in [0.05, 0.1) is 5.92 Å². The van der Waals surface area contributed by atoms with E-state index in [4.69, 9.17) is 0 Å². The lowest BCUT2D eigenvalue weighted by atomic mass is 10.0. The van der Waals surface area contributed by atoms with Crippen molar-refractivity contribution in [3.8, 4) is 0 Å². The number of nitrogens with zero attached hydrogens (tertiary/aromatic N) is 1. The molecule has 0 spiro atoms. The van der Waals surface area contributed by atoms with Crippen LogP contribution in [0.25, 0.3) is 0 Å². The van der Waals surface area contributed by atoms with Crippen LogP contribution in [0.2, 0.25) is 0 Å². The molecule has 1 aliphatic rings. The maximum absolute atomic E-state index is 12.8. The molecular formula is C23H28N2O2. The highest BCUT2D eigenvalue weighted by molar-refractivity contribution is 6.03. The number of benzene rings is 2. The summed E-state index contributed by atoms with van der Waals surface area (Å²) in [5.74, 6) is 0.361. The molecule has 1 N–H and O–H groups in total. The van der Waals surface area contributed by atoms with E-state index in [0.717, 1.165) is 16.9 Å². The smallest absolute Gasteiger partial charge is 0.229 e. The van der Waals surface area contributed by atoms with E-state index in [1.54, 1.807) is 4.90 Å². The highest BCUT2D eigenvalue weighted by atomic mass is 16.2. The third-order valence-electron chi connectivity index (χ3n) is 5.21. The van der Waals surface area contributed by atoms with Crippen LogP contribution in [-0.4, -0.2) is 18.4 Å². The predicted molar refractivity (Wildman–Crippen MR) is 110 cm³/mol. The van der Waals surface area contributed by atoms with Crippen molar-refractivity contribution < 1.29 is 9.59 Å². The number of rotatable bonds is 5. The average molecular weight is 364 g/mol. The number of carbonyl (C=O) groups excluding carboxylic acids is 2.